The molecule has 28 heavy (non-hydrogen) atoms. The topological polar surface area (TPSA) is 62.6 Å². The molecule has 0 bridgehead atoms. The molecule has 0 spiro atoms. The quantitative estimate of drug-likeness (QED) is 0.776. The highest BCUT2D eigenvalue weighted by molar-refractivity contribution is 5.91. The average Bonchev–Trinajstić information content (AvgIpc) is 3.40. The summed E-state index contributed by atoms with van der Waals surface area (Å²) in [4.78, 5) is 17.4. The highest BCUT2D eigenvalue weighted by atomic mass is 16.5. The number of ether oxygens (including phenoxy) is 1. The Balaban J connectivity index is 1.17. The number of amides is 1. The van der Waals surface area contributed by atoms with Crippen LogP contribution in [-0.4, -0.2) is 78.0 Å². The van der Waals surface area contributed by atoms with Crippen molar-refractivity contribution in [3.05, 3.63) is 12.3 Å². The molecule has 156 valence electrons. The van der Waals surface area contributed by atoms with E-state index >= 15 is 0 Å². The van der Waals surface area contributed by atoms with Crippen molar-refractivity contribution in [2.75, 3.05) is 57.8 Å². The van der Waals surface area contributed by atoms with Crippen molar-refractivity contribution in [3.63, 3.8) is 0 Å². The summed E-state index contributed by atoms with van der Waals surface area (Å²) in [5.41, 5.74) is 0. The molecule has 0 radical (unpaired) electrons. The lowest BCUT2D eigenvalue weighted by atomic mass is 9.93. The fourth-order valence-corrected chi connectivity index (χ4v) is 4.86. The molecule has 1 N–H and O–H groups in total. The van der Waals surface area contributed by atoms with Crippen LogP contribution < -0.4 is 5.32 Å². The molecule has 1 aromatic rings. The summed E-state index contributed by atoms with van der Waals surface area (Å²) in [5.74, 6) is 1.75. The number of anilines is 1. The predicted octanol–water partition coefficient (Wildman–Crippen LogP) is 2.37. The van der Waals surface area contributed by atoms with Crippen LogP contribution in [0, 0.1) is 5.92 Å². The standard InChI is InChI=1S/C21H35N5O2/c27-21(23-20-5-9-22-26(20)19-3-1-2-4-19)17-25-11-7-18(8-12-25)6-10-24-13-15-28-16-14-24/h5,9,18-19H,1-4,6-8,10-17H2,(H,23,27). The van der Waals surface area contributed by atoms with Gasteiger partial charge in [-0.05, 0) is 57.7 Å². The Morgan fingerprint density at radius 1 is 1.07 bits per heavy atom. The maximum atomic E-state index is 12.5. The van der Waals surface area contributed by atoms with Gasteiger partial charge in [0.25, 0.3) is 0 Å². The molecular formula is C21H35N5O2. The summed E-state index contributed by atoms with van der Waals surface area (Å²) in [6, 6.07) is 2.38. The lowest BCUT2D eigenvalue weighted by Crippen LogP contribution is -2.41. The van der Waals surface area contributed by atoms with Gasteiger partial charge in [0, 0.05) is 19.2 Å². The van der Waals surface area contributed by atoms with Gasteiger partial charge in [0.15, 0.2) is 0 Å². The molecule has 0 unspecified atom stereocenters. The van der Waals surface area contributed by atoms with Gasteiger partial charge in [0.1, 0.15) is 5.82 Å². The number of rotatable bonds is 7. The first kappa shape index (κ1) is 19.9. The third-order valence-corrected chi connectivity index (χ3v) is 6.64. The molecule has 4 rings (SSSR count). The number of likely N-dealkylation sites (tertiary alicyclic amines) is 1. The van der Waals surface area contributed by atoms with Gasteiger partial charge in [-0.1, -0.05) is 12.8 Å². The van der Waals surface area contributed by atoms with E-state index < -0.39 is 0 Å². The Bertz CT molecular complexity index is 614. The monoisotopic (exact) mass is 389 g/mol. The highest BCUT2D eigenvalue weighted by Gasteiger charge is 2.24. The van der Waals surface area contributed by atoms with E-state index in [9.17, 15) is 4.79 Å². The van der Waals surface area contributed by atoms with E-state index in [1.807, 2.05) is 10.7 Å². The molecule has 0 aromatic carbocycles. The van der Waals surface area contributed by atoms with Gasteiger partial charge in [0.2, 0.25) is 5.91 Å². The van der Waals surface area contributed by atoms with Crippen molar-refractivity contribution in [3.8, 4) is 0 Å². The number of nitrogens with zero attached hydrogens (tertiary/aromatic N) is 4. The molecule has 1 aliphatic carbocycles. The molecule has 3 aliphatic rings. The maximum Gasteiger partial charge on any atom is 0.239 e. The van der Waals surface area contributed by atoms with E-state index in [1.54, 1.807) is 6.20 Å². The maximum absolute atomic E-state index is 12.5. The van der Waals surface area contributed by atoms with E-state index in [0.29, 0.717) is 12.6 Å². The molecule has 1 aromatic heterocycles. The first-order valence-electron chi connectivity index (χ1n) is 11.1. The molecule has 3 fully saturated rings. The zero-order valence-corrected chi connectivity index (χ0v) is 17.0. The minimum atomic E-state index is 0.0894. The van der Waals surface area contributed by atoms with Crippen LogP contribution in [0.4, 0.5) is 5.82 Å². The minimum Gasteiger partial charge on any atom is -0.379 e. The third kappa shape index (κ3) is 5.33. The second kappa shape index (κ2) is 9.85. The van der Waals surface area contributed by atoms with Crippen LogP contribution >= 0.6 is 0 Å². The first-order valence-corrected chi connectivity index (χ1v) is 11.1. The van der Waals surface area contributed by atoms with Crippen molar-refractivity contribution in [2.24, 2.45) is 5.92 Å². The average molecular weight is 390 g/mol. The van der Waals surface area contributed by atoms with Crippen LogP contribution in [-0.2, 0) is 9.53 Å². The van der Waals surface area contributed by atoms with Crippen molar-refractivity contribution in [1.82, 2.24) is 19.6 Å². The Morgan fingerprint density at radius 2 is 1.82 bits per heavy atom. The molecule has 7 heteroatoms. The summed E-state index contributed by atoms with van der Waals surface area (Å²) < 4.78 is 7.44. The summed E-state index contributed by atoms with van der Waals surface area (Å²) in [5, 5.41) is 7.54. The number of aromatic nitrogens is 2. The van der Waals surface area contributed by atoms with E-state index in [-0.39, 0.29) is 5.91 Å². The van der Waals surface area contributed by atoms with E-state index in [1.165, 1.54) is 51.5 Å². The lowest BCUT2D eigenvalue weighted by Gasteiger charge is -2.33. The second-order valence-electron chi connectivity index (χ2n) is 8.61. The molecule has 2 aliphatic heterocycles. The van der Waals surface area contributed by atoms with Crippen molar-refractivity contribution >= 4 is 11.7 Å². The Kier molecular flexibility index (Phi) is 6.99. The van der Waals surface area contributed by atoms with E-state index in [2.05, 4.69) is 20.2 Å². The van der Waals surface area contributed by atoms with Crippen molar-refractivity contribution in [1.29, 1.82) is 0 Å². The highest BCUT2D eigenvalue weighted by Crippen LogP contribution is 2.31. The van der Waals surface area contributed by atoms with Crippen LogP contribution in [0.1, 0.15) is 51.0 Å². The lowest BCUT2D eigenvalue weighted by molar-refractivity contribution is -0.117. The number of hydrogen-bond donors (Lipinski definition) is 1. The Labute approximate surface area is 168 Å². The van der Waals surface area contributed by atoms with Crippen LogP contribution in [0.5, 0.6) is 0 Å². The minimum absolute atomic E-state index is 0.0894. The van der Waals surface area contributed by atoms with Gasteiger partial charge < -0.3 is 10.1 Å². The number of carbonyl (C=O) groups excluding carboxylic acids is 1. The second-order valence-corrected chi connectivity index (χ2v) is 8.61. The van der Waals surface area contributed by atoms with Gasteiger partial charge in [-0.15, -0.1) is 0 Å². The summed E-state index contributed by atoms with van der Waals surface area (Å²) in [7, 11) is 0. The van der Waals surface area contributed by atoms with Crippen molar-refractivity contribution in [2.45, 2.75) is 51.0 Å². The molecule has 1 amide bonds. The molecule has 7 nitrogen and oxygen atoms in total. The van der Waals surface area contributed by atoms with Crippen molar-refractivity contribution < 1.29 is 9.53 Å². The summed E-state index contributed by atoms with van der Waals surface area (Å²) in [6.07, 6.45) is 10.4. The normalized spacial score (nSPS) is 23.3. The smallest absolute Gasteiger partial charge is 0.239 e. The molecule has 1 saturated carbocycles. The number of hydrogen-bond acceptors (Lipinski definition) is 5. The number of morpholine rings is 1. The number of piperidine rings is 1. The SMILES string of the molecule is O=C(CN1CCC(CCN2CCOCC2)CC1)Nc1ccnn1C1CCCC1. The van der Waals surface area contributed by atoms with E-state index in [0.717, 1.165) is 51.1 Å². The summed E-state index contributed by atoms with van der Waals surface area (Å²) >= 11 is 0. The zero-order chi connectivity index (χ0) is 19.2. The van der Waals surface area contributed by atoms with E-state index in [4.69, 9.17) is 4.74 Å². The molecule has 0 atom stereocenters. The Hall–Kier alpha value is -1.44. The van der Waals surface area contributed by atoms with Gasteiger partial charge in [-0.2, -0.15) is 5.10 Å². The van der Waals surface area contributed by atoms with Gasteiger partial charge >= 0.3 is 0 Å². The molecule has 2 saturated heterocycles. The van der Waals surface area contributed by atoms with Crippen LogP contribution in [0.15, 0.2) is 12.3 Å². The third-order valence-electron chi connectivity index (χ3n) is 6.64. The van der Waals surface area contributed by atoms with Gasteiger partial charge in [-0.3, -0.25) is 14.6 Å². The zero-order valence-electron chi connectivity index (χ0n) is 17.0. The van der Waals surface area contributed by atoms with Gasteiger partial charge in [-0.25, -0.2) is 4.68 Å². The van der Waals surface area contributed by atoms with Crippen LogP contribution in [0.2, 0.25) is 0 Å². The summed E-state index contributed by atoms with van der Waals surface area (Å²) in [6.45, 7) is 7.67. The van der Waals surface area contributed by atoms with Gasteiger partial charge in [0.05, 0.1) is 32.0 Å². The molecular weight excluding hydrogens is 354 g/mol. The Morgan fingerprint density at radius 3 is 2.57 bits per heavy atom. The fourth-order valence-electron chi connectivity index (χ4n) is 4.86. The van der Waals surface area contributed by atoms with Crippen LogP contribution in [0.3, 0.4) is 0 Å². The fraction of sp³-hybridized carbons (Fsp3) is 0.810. The number of carbonyl (C=O) groups is 1. The largest absolute Gasteiger partial charge is 0.379 e. The predicted molar refractivity (Wildman–Crippen MR) is 109 cm³/mol. The van der Waals surface area contributed by atoms with Crippen LogP contribution in [0.25, 0.3) is 0 Å². The first-order chi connectivity index (χ1) is 13.8. The number of nitrogens with one attached hydrogen (secondary N) is 1. The molecule has 3 heterocycles.